The molecule has 0 heterocycles. The van der Waals surface area contributed by atoms with Gasteiger partial charge in [0.25, 0.3) is 0 Å². The molecule has 0 spiro atoms. The van der Waals surface area contributed by atoms with Crippen molar-refractivity contribution < 1.29 is 42.7 Å². The van der Waals surface area contributed by atoms with Gasteiger partial charge in [-0.2, -0.15) is 0 Å². The number of aliphatic hydroxyl groups excluding tert-OH is 1. The number of phosphoric acid groups is 1. The number of esters is 2. The average Bonchev–Trinajstić information content (AvgIpc) is 3.20. The number of carbonyl (C=O) groups excluding carboxylic acids is 2. The molecular formula is C47H80NO9P. The number of hydrogen-bond acceptors (Lipinski definition) is 9. The topological polar surface area (TPSA) is 155 Å². The van der Waals surface area contributed by atoms with E-state index in [0.29, 0.717) is 19.3 Å². The van der Waals surface area contributed by atoms with E-state index in [-0.39, 0.29) is 32.6 Å². The summed E-state index contributed by atoms with van der Waals surface area (Å²) in [6, 6.07) is 0. The normalized spacial score (nSPS) is 14.6. The molecular weight excluding hydrogens is 753 g/mol. The van der Waals surface area contributed by atoms with Crippen molar-refractivity contribution in [1.29, 1.82) is 0 Å². The van der Waals surface area contributed by atoms with Crippen LogP contribution in [0.15, 0.2) is 85.1 Å². The van der Waals surface area contributed by atoms with Crippen LogP contribution in [0, 0.1) is 0 Å². The van der Waals surface area contributed by atoms with Crippen molar-refractivity contribution in [2.75, 3.05) is 26.4 Å². The highest BCUT2D eigenvalue weighted by molar-refractivity contribution is 7.47. The molecule has 0 aliphatic carbocycles. The number of nitrogens with two attached hydrogens (primary N) is 1. The lowest BCUT2D eigenvalue weighted by molar-refractivity contribution is -0.161. The van der Waals surface area contributed by atoms with Gasteiger partial charge in [0.05, 0.1) is 19.3 Å². The van der Waals surface area contributed by atoms with Crippen LogP contribution in [0.25, 0.3) is 0 Å². The van der Waals surface area contributed by atoms with Crippen LogP contribution >= 0.6 is 7.82 Å². The summed E-state index contributed by atoms with van der Waals surface area (Å²) in [5.74, 6) is -1.07. The predicted octanol–water partition coefficient (Wildman–Crippen LogP) is 11.8. The second-order valence-corrected chi connectivity index (χ2v) is 15.9. The summed E-state index contributed by atoms with van der Waals surface area (Å²) in [5, 5.41) is 10.3. The van der Waals surface area contributed by atoms with E-state index in [1.54, 1.807) is 12.2 Å². The number of phosphoric ester groups is 1. The molecule has 0 fully saturated rings. The molecule has 0 aromatic heterocycles. The van der Waals surface area contributed by atoms with Crippen molar-refractivity contribution >= 4 is 19.8 Å². The van der Waals surface area contributed by atoms with Gasteiger partial charge in [0, 0.05) is 19.4 Å². The second kappa shape index (κ2) is 42.3. The third-order valence-corrected chi connectivity index (χ3v) is 9.84. The minimum atomic E-state index is -4.44. The van der Waals surface area contributed by atoms with Gasteiger partial charge in [0.2, 0.25) is 0 Å². The fraction of sp³-hybridized carbons (Fsp3) is 0.660. The lowest BCUT2D eigenvalue weighted by atomic mass is 10.1. The maximum absolute atomic E-state index is 12.6. The molecule has 332 valence electrons. The van der Waals surface area contributed by atoms with Crippen LogP contribution in [0.4, 0.5) is 0 Å². The number of aliphatic hydroxyl groups is 1. The van der Waals surface area contributed by atoms with Crippen LogP contribution in [0.1, 0.15) is 162 Å². The largest absolute Gasteiger partial charge is 0.472 e. The molecule has 0 aromatic rings. The molecule has 10 nitrogen and oxygen atoms in total. The Kier molecular flexibility index (Phi) is 40.2. The lowest BCUT2D eigenvalue weighted by Crippen LogP contribution is -2.29. The second-order valence-electron chi connectivity index (χ2n) is 14.4. The molecule has 0 saturated heterocycles. The van der Waals surface area contributed by atoms with Crippen LogP contribution in [-0.2, 0) is 32.7 Å². The molecule has 2 unspecified atom stereocenters. The number of ether oxygens (including phenoxy) is 2. The van der Waals surface area contributed by atoms with Crippen LogP contribution in [0.2, 0.25) is 0 Å². The highest BCUT2D eigenvalue weighted by Gasteiger charge is 2.26. The van der Waals surface area contributed by atoms with Crippen LogP contribution in [0.3, 0.4) is 0 Å². The first-order chi connectivity index (χ1) is 28.2. The number of hydrogen-bond donors (Lipinski definition) is 3. The van der Waals surface area contributed by atoms with Gasteiger partial charge in [-0.1, -0.05) is 150 Å². The number of carbonyl (C=O) groups is 2. The Morgan fingerprint density at radius 2 is 1.10 bits per heavy atom. The van der Waals surface area contributed by atoms with Gasteiger partial charge in [-0.15, -0.1) is 0 Å². The number of unbranched alkanes of at least 4 members (excludes halogenated alkanes) is 12. The molecule has 0 aliphatic heterocycles. The highest BCUT2D eigenvalue weighted by atomic mass is 31.2. The van der Waals surface area contributed by atoms with Crippen molar-refractivity contribution in [3.8, 4) is 0 Å². The predicted molar refractivity (Wildman–Crippen MR) is 239 cm³/mol. The van der Waals surface area contributed by atoms with Gasteiger partial charge >= 0.3 is 19.8 Å². The van der Waals surface area contributed by atoms with Gasteiger partial charge in [0.1, 0.15) is 6.61 Å². The maximum atomic E-state index is 12.6. The number of allylic oxidation sites excluding steroid dienone is 13. The molecule has 3 atom stereocenters. The summed E-state index contributed by atoms with van der Waals surface area (Å²) >= 11 is 0. The minimum Gasteiger partial charge on any atom is -0.462 e. The fourth-order valence-electron chi connectivity index (χ4n) is 5.51. The van der Waals surface area contributed by atoms with Crippen LogP contribution < -0.4 is 5.73 Å². The molecule has 0 radical (unpaired) electrons. The molecule has 4 N–H and O–H groups in total. The Labute approximate surface area is 352 Å². The summed E-state index contributed by atoms with van der Waals surface area (Å²) in [6.07, 6.45) is 49.3. The van der Waals surface area contributed by atoms with E-state index in [2.05, 4.69) is 74.6 Å². The first kappa shape index (κ1) is 55.2. The SMILES string of the molecule is CCCCC/C=C\C/C=C\C/C=C\C/C=C\CCCCCC(=O)OC[C@H](COP(=O)(O)OCCN)OC(=O)CCCC(O)/C=C/C=C/C/C=C/CCCCCCCC. The first-order valence-corrected chi connectivity index (χ1v) is 23.7. The van der Waals surface area contributed by atoms with Gasteiger partial charge in [-0.3, -0.25) is 18.6 Å². The van der Waals surface area contributed by atoms with E-state index in [1.807, 2.05) is 12.2 Å². The molecule has 0 aliphatic rings. The summed E-state index contributed by atoms with van der Waals surface area (Å²) in [5.41, 5.74) is 5.33. The van der Waals surface area contributed by atoms with E-state index in [9.17, 15) is 24.2 Å². The molecule has 11 heteroatoms. The van der Waals surface area contributed by atoms with E-state index in [1.165, 1.54) is 64.2 Å². The van der Waals surface area contributed by atoms with E-state index in [4.69, 9.17) is 24.3 Å². The molecule has 0 amide bonds. The Balaban J connectivity index is 4.41. The minimum absolute atomic E-state index is 0.00547. The third-order valence-electron chi connectivity index (χ3n) is 8.86. The average molecular weight is 834 g/mol. The van der Waals surface area contributed by atoms with Crippen molar-refractivity contribution in [2.24, 2.45) is 5.73 Å². The Morgan fingerprint density at radius 3 is 1.71 bits per heavy atom. The smallest absolute Gasteiger partial charge is 0.462 e. The summed E-state index contributed by atoms with van der Waals surface area (Å²) in [7, 11) is -4.44. The molecule has 58 heavy (non-hydrogen) atoms. The third kappa shape index (κ3) is 41.3. The zero-order chi connectivity index (χ0) is 42.6. The number of rotatable bonds is 40. The zero-order valence-electron chi connectivity index (χ0n) is 36.1. The van der Waals surface area contributed by atoms with E-state index >= 15 is 0 Å². The standard InChI is InChI=1S/C47H80NO9P/c1-3-5-7-9-11-13-15-17-18-19-20-21-22-24-26-28-30-32-34-38-46(50)54-42-45(43-56-58(52,53)55-41-40-48)57-47(51)39-35-37-44(49)36-33-31-29-27-25-23-16-14-12-10-8-6-4-2/h11,13,17-18,20-21,23-26,29,31,33,36,44-45,49H,3-10,12,14-16,19,22,27-28,30,32,34-35,37-43,48H2,1-2H3,(H,52,53)/b13-11-,18-17-,21-20-,25-23+,26-24-,31-29+,36-33+/t44?,45-/m1/s1. The fourth-order valence-corrected chi connectivity index (χ4v) is 6.27. The van der Waals surface area contributed by atoms with E-state index in [0.717, 1.165) is 51.4 Å². The monoisotopic (exact) mass is 834 g/mol. The maximum Gasteiger partial charge on any atom is 0.472 e. The van der Waals surface area contributed by atoms with Gasteiger partial charge in [-0.05, 0) is 83.5 Å². The van der Waals surface area contributed by atoms with Crippen molar-refractivity contribution in [1.82, 2.24) is 0 Å². The van der Waals surface area contributed by atoms with Gasteiger partial charge < -0.3 is 25.2 Å². The Hall–Kier alpha value is -2.85. The lowest BCUT2D eigenvalue weighted by Gasteiger charge is -2.20. The molecule has 0 saturated carbocycles. The molecule has 0 aromatic carbocycles. The summed E-state index contributed by atoms with van der Waals surface area (Å²) in [4.78, 5) is 34.9. The van der Waals surface area contributed by atoms with Crippen LogP contribution in [0.5, 0.6) is 0 Å². The quantitative estimate of drug-likeness (QED) is 0.0179. The first-order valence-electron chi connectivity index (χ1n) is 22.2. The van der Waals surface area contributed by atoms with Crippen molar-refractivity contribution in [3.63, 3.8) is 0 Å². The van der Waals surface area contributed by atoms with Gasteiger partial charge in [-0.25, -0.2) is 4.57 Å². The van der Waals surface area contributed by atoms with Gasteiger partial charge in [0.15, 0.2) is 6.10 Å². The highest BCUT2D eigenvalue weighted by Crippen LogP contribution is 2.43. The summed E-state index contributed by atoms with van der Waals surface area (Å²) in [6.45, 7) is 3.42. The molecule has 0 rings (SSSR count). The zero-order valence-corrected chi connectivity index (χ0v) is 37.0. The van der Waals surface area contributed by atoms with Crippen molar-refractivity contribution in [2.45, 2.75) is 174 Å². The van der Waals surface area contributed by atoms with E-state index < -0.39 is 38.6 Å². The van der Waals surface area contributed by atoms with Crippen LogP contribution in [-0.4, -0.2) is 60.5 Å². The molecule has 0 bridgehead atoms. The Morgan fingerprint density at radius 1 is 0.603 bits per heavy atom. The Bertz CT molecular complexity index is 1240. The van der Waals surface area contributed by atoms with Crippen molar-refractivity contribution in [3.05, 3.63) is 85.1 Å². The summed E-state index contributed by atoms with van der Waals surface area (Å²) < 4.78 is 32.6.